The van der Waals surface area contributed by atoms with Crippen LogP contribution in [0.4, 0.5) is 0 Å². The second-order valence-corrected chi connectivity index (χ2v) is 5.05. The van der Waals surface area contributed by atoms with Gasteiger partial charge in [0.15, 0.2) is 0 Å². The van der Waals surface area contributed by atoms with E-state index in [-0.39, 0.29) is 29.8 Å². The summed E-state index contributed by atoms with van der Waals surface area (Å²) in [6.45, 7) is -1.42. The molecule has 0 spiro atoms. The molecule has 24 heavy (non-hydrogen) atoms. The number of nitrogens with one attached hydrogen (secondary N) is 2. The van der Waals surface area contributed by atoms with Crippen molar-refractivity contribution in [1.82, 2.24) is 10.6 Å². The summed E-state index contributed by atoms with van der Waals surface area (Å²) in [5.41, 5.74) is 0.147. The molecule has 0 radical (unpaired) electrons. The van der Waals surface area contributed by atoms with Crippen molar-refractivity contribution < 1.29 is 34.8 Å². The van der Waals surface area contributed by atoms with Crippen LogP contribution in [0.3, 0.4) is 0 Å². The molecule has 1 rings (SSSR count). The maximum Gasteiger partial charge on any atom is 0.251 e. The fourth-order valence-electron chi connectivity index (χ4n) is 1.74. The van der Waals surface area contributed by atoms with Gasteiger partial charge in [0.2, 0.25) is 0 Å². The van der Waals surface area contributed by atoms with Crippen molar-refractivity contribution in [2.24, 2.45) is 0 Å². The standard InChI is InChI=1S/C15H20N2O7/c18-6-9-1-10(14(23)16-4-12(21)7-19)3-11(2-9)15(24)17-5-13(22)8-20/h1-3,6,12-13,19-22H,4-5,7-8H2,(H,16,23)(H,17,24). The first-order valence-corrected chi connectivity index (χ1v) is 7.15. The molecular formula is C15H20N2O7. The van der Waals surface area contributed by atoms with E-state index in [1.165, 1.54) is 18.2 Å². The van der Waals surface area contributed by atoms with Gasteiger partial charge >= 0.3 is 0 Å². The first kappa shape index (κ1) is 19.7. The zero-order valence-electron chi connectivity index (χ0n) is 12.8. The lowest BCUT2D eigenvalue weighted by Crippen LogP contribution is -2.35. The Morgan fingerprint density at radius 3 is 1.67 bits per heavy atom. The van der Waals surface area contributed by atoms with Gasteiger partial charge in [0.05, 0.1) is 25.4 Å². The Hall–Kier alpha value is -2.33. The Balaban J connectivity index is 2.89. The summed E-state index contributed by atoms with van der Waals surface area (Å²) in [4.78, 5) is 35.0. The summed E-state index contributed by atoms with van der Waals surface area (Å²) in [7, 11) is 0. The fourth-order valence-corrected chi connectivity index (χ4v) is 1.74. The molecule has 0 aliphatic rings. The lowest BCUT2D eigenvalue weighted by Gasteiger charge is -2.12. The summed E-state index contributed by atoms with van der Waals surface area (Å²) >= 11 is 0. The summed E-state index contributed by atoms with van der Waals surface area (Å²) in [5, 5.41) is 40.5. The van der Waals surface area contributed by atoms with Crippen LogP contribution in [0.25, 0.3) is 0 Å². The van der Waals surface area contributed by atoms with Crippen LogP contribution in [0.2, 0.25) is 0 Å². The third-order valence-electron chi connectivity index (χ3n) is 3.03. The Morgan fingerprint density at radius 2 is 1.33 bits per heavy atom. The predicted molar refractivity (Wildman–Crippen MR) is 82.7 cm³/mol. The van der Waals surface area contributed by atoms with E-state index < -0.39 is 37.2 Å². The molecule has 0 saturated heterocycles. The van der Waals surface area contributed by atoms with Crippen LogP contribution < -0.4 is 10.6 Å². The first-order chi connectivity index (χ1) is 11.4. The number of carbonyl (C=O) groups excluding carboxylic acids is 3. The number of rotatable bonds is 9. The second kappa shape index (κ2) is 9.73. The van der Waals surface area contributed by atoms with Gasteiger partial charge in [0.1, 0.15) is 6.29 Å². The zero-order valence-corrected chi connectivity index (χ0v) is 12.8. The van der Waals surface area contributed by atoms with Crippen molar-refractivity contribution in [1.29, 1.82) is 0 Å². The minimum atomic E-state index is -1.12. The maximum absolute atomic E-state index is 12.0. The van der Waals surface area contributed by atoms with E-state index in [1.807, 2.05) is 0 Å². The highest BCUT2D eigenvalue weighted by atomic mass is 16.3. The highest BCUT2D eigenvalue weighted by Crippen LogP contribution is 2.10. The van der Waals surface area contributed by atoms with Gasteiger partial charge in [-0.05, 0) is 18.2 Å². The number of carbonyl (C=O) groups is 3. The average Bonchev–Trinajstić information content (AvgIpc) is 2.62. The minimum absolute atomic E-state index is 0.0256. The van der Waals surface area contributed by atoms with Gasteiger partial charge < -0.3 is 31.1 Å². The van der Waals surface area contributed by atoms with Crippen LogP contribution in [0, 0.1) is 0 Å². The third kappa shape index (κ3) is 6.05. The molecule has 0 aromatic heterocycles. The molecule has 6 N–H and O–H groups in total. The molecule has 132 valence electrons. The SMILES string of the molecule is O=Cc1cc(C(=O)NCC(O)CO)cc(C(=O)NCC(O)CO)c1. The predicted octanol–water partition coefficient (Wildman–Crippen LogP) is -2.33. The maximum atomic E-state index is 12.0. The van der Waals surface area contributed by atoms with Gasteiger partial charge in [-0.1, -0.05) is 0 Å². The molecule has 9 heteroatoms. The summed E-state index contributed by atoms with van der Waals surface area (Å²) in [6.07, 6.45) is -1.77. The monoisotopic (exact) mass is 340 g/mol. The lowest BCUT2D eigenvalue weighted by atomic mass is 10.0. The minimum Gasteiger partial charge on any atom is -0.394 e. The smallest absolute Gasteiger partial charge is 0.251 e. The summed E-state index contributed by atoms with van der Waals surface area (Å²) in [6, 6.07) is 3.79. The zero-order chi connectivity index (χ0) is 18.1. The topological polar surface area (TPSA) is 156 Å². The molecule has 9 nitrogen and oxygen atoms in total. The van der Waals surface area contributed by atoms with E-state index in [0.29, 0.717) is 6.29 Å². The molecule has 1 aromatic rings. The molecule has 0 fully saturated rings. The Kier molecular flexibility index (Phi) is 7.99. The fraction of sp³-hybridized carbons (Fsp3) is 0.400. The van der Waals surface area contributed by atoms with Crippen LogP contribution in [0.1, 0.15) is 31.1 Å². The van der Waals surface area contributed by atoms with Gasteiger partial charge in [-0.3, -0.25) is 14.4 Å². The number of aldehydes is 1. The van der Waals surface area contributed by atoms with Crippen molar-refractivity contribution in [3.05, 3.63) is 34.9 Å². The van der Waals surface area contributed by atoms with Crippen LogP contribution >= 0.6 is 0 Å². The number of aliphatic hydroxyl groups is 4. The van der Waals surface area contributed by atoms with Crippen LogP contribution in [-0.4, -0.2) is 77.0 Å². The molecule has 2 unspecified atom stereocenters. The van der Waals surface area contributed by atoms with E-state index in [2.05, 4.69) is 10.6 Å². The van der Waals surface area contributed by atoms with Crippen molar-refractivity contribution in [3.63, 3.8) is 0 Å². The van der Waals surface area contributed by atoms with Crippen molar-refractivity contribution in [3.8, 4) is 0 Å². The van der Waals surface area contributed by atoms with E-state index in [1.54, 1.807) is 0 Å². The second-order valence-electron chi connectivity index (χ2n) is 5.05. The molecule has 0 aliphatic heterocycles. The average molecular weight is 340 g/mol. The highest BCUT2D eigenvalue weighted by Gasteiger charge is 2.14. The molecule has 0 saturated carbocycles. The quantitative estimate of drug-likeness (QED) is 0.275. The largest absolute Gasteiger partial charge is 0.394 e. The van der Waals surface area contributed by atoms with Crippen molar-refractivity contribution >= 4 is 18.1 Å². The van der Waals surface area contributed by atoms with Crippen LogP contribution in [0.5, 0.6) is 0 Å². The van der Waals surface area contributed by atoms with Crippen molar-refractivity contribution in [2.45, 2.75) is 12.2 Å². The first-order valence-electron chi connectivity index (χ1n) is 7.15. The van der Waals surface area contributed by atoms with E-state index >= 15 is 0 Å². The number of amides is 2. The number of aliphatic hydroxyl groups excluding tert-OH is 4. The molecule has 2 atom stereocenters. The molecule has 1 aromatic carbocycles. The van der Waals surface area contributed by atoms with Gasteiger partial charge in [-0.2, -0.15) is 0 Å². The van der Waals surface area contributed by atoms with E-state index in [9.17, 15) is 24.6 Å². The number of hydrogen-bond donors (Lipinski definition) is 6. The van der Waals surface area contributed by atoms with E-state index in [0.717, 1.165) is 0 Å². The molecular weight excluding hydrogens is 320 g/mol. The van der Waals surface area contributed by atoms with Crippen LogP contribution in [-0.2, 0) is 0 Å². The molecule has 0 aliphatic carbocycles. The highest BCUT2D eigenvalue weighted by molar-refractivity contribution is 6.01. The normalized spacial score (nSPS) is 13.0. The Labute approximate surface area is 137 Å². The molecule has 0 heterocycles. The molecule has 0 bridgehead atoms. The third-order valence-corrected chi connectivity index (χ3v) is 3.03. The van der Waals surface area contributed by atoms with E-state index in [4.69, 9.17) is 10.2 Å². The molecule has 2 amide bonds. The van der Waals surface area contributed by atoms with Gasteiger partial charge in [0, 0.05) is 29.8 Å². The number of benzene rings is 1. The summed E-state index contributed by atoms with van der Waals surface area (Å²) in [5.74, 6) is -1.26. The number of hydrogen-bond acceptors (Lipinski definition) is 7. The van der Waals surface area contributed by atoms with Crippen LogP contribution in [0.15, 0.2) is 18.2 Å². The summed E-state index contributed by atoms with van der Waals surface area (Å²) < 4.78 is 0. The lowest BCUT2D eigenvalue weighted by molar-refractivity contribution is 0.0800. The Morgan fingerprint density at radius 1 is 0.917 bits per heavy atom. The van der Waals surface area contributed by atoms with Gasteiger partial charge in [-0.25, -0.2) is 0 Å². The van der Waals surface area contributed by atoms with Gasteiger partial charge in [-0.15, -0.1) is 0 Å². The van der Waals surface area contributed by atoms with Crippen molar-refractivity contribution in [2.75, 3.05) is 26.3 Å². The van der Waals surface area contributed by atoms with Gasteiger partial charge in [0.25, 0.3) is 11.8 Å². The Bertz CT molecular complexity index is 547.